The number of benzene rings is 1. The SMILES string of the molecule is COC[C@@H]1CCN(C)C2(C1)CN(Cc1ccc3ccccc3n1)C2. The molecule has 2 fully saturated rings. The zero-order chi connectivity index (χ0) is 16.6. The van der Waals surface area contributed by atoms with Crippen molar-refractivity contribution in [2.45, 2.75) is 24.9 Å². The highest BCUT2D eigenvalue weighted by molar-refractivity contribution is 5.78. The Morgan fingerprint density at radius 2 is 2.04 bits per heavy atom. The summed E-state index contributed by atoms with van der Waals surface area (Å²) in [5.74, 6) is 0.715. The molecule has 0 saturated carbocycles. The third kappa shape index (κ3) is 2.94. The number of aromatic nitrogens is 1. The number of piperidine rings is 1. The van der Waals surface area contributed by atoms with Crippen LogP contribution >= 0.6 is 0 Å². The number of likely N-dealkylation sites (N-methyl/N-ethyl adjacent to an activating group) is 1. The largest absolute Gasteiger partial charge is 0.384 e. The highest BCUT2D eigenvalue weighted by Gasteiger charge is 2.49. The summed E-state index contributed by atoms with van der Waals surface area (Å²) >= 11 is 0. The number of para-hydroxylation sites is 1. The Kier molecular flexibility index (Phi) is 4.29. The summed E-state index contributed by atoms with van der Waals surface area (Å²) < 4.78 is 5.40. The number of hydrogen-bond donors (Lipinski definition) is 0. The average Bonchev–Trinajstić information content (AvgIpc) is 2.56. The van der Waals surface area contributed by atoms with Crippen LogP contribution < -0.4 is 0 Å². The van der Waals surface area contributed by atoms with Crippen LogP contribution in [-0.2, 0) is 11.3 Å². The lowest BCUT2D eigenvalue weighted by Crippen LogP contribution is -2.71. The molecule has 0 N–H and O–H groups in total. The molecule has 128 valence electrons. The van der Waals surface area contributed by atoms with Crippen LogP contribution in [0.15, 0.2) is 36.4 Å². The lowest BCUT2D eigenvalue weighted by molar-refractivity contribution is -0.0908. The van der Waals surface area contributed by atoms with E-state index in [-0.39, 0.29) is 0 Å². The van der Waals surface area contributed by atoms with Gasteiger partial charge in [-0.15, -0.1) is 0 Å². The molecular formula is C20H27N3O. The van der Waals surface area contributed by atoms with E-state index in [1.165, 1.54) is 30.5 Å². The Bertz CT molecular complexity index is 711. The smallest absolute Gasteiger partial charge is 0.0705 e. The Balaban J connectivity index is 1.41. The van der Waals surface area contributed by atoms with Crippen molar-refractivity contribution in [1.29, 1.82) is 0 Å². The fourth-order valence-corrected chi connectivity index (χ4v) is 4.48. The number of nitrogens with zero attached hydrogens (tertiary/aromatic N) is 3. The number of ether oxygens (including phenoxy) is 1. The Morgan fingerprint density at radius 1 is 1.21 bits per heavy atom. The minimum atomic E-state index is 0.359. The van der Waals surface area contributed by atoms with Gasteiger partial charge in [-0.1, -0.05) is 24.3 Å². The molecule has 4 rings (SSSR count). The van der Waals surface area contributed by atoms with E-state index in [4.69, 9.17) is 9.72 Å². The standard InChI is InChI=1S/C20H27N3O/c1-22-10-9-16(13-24-2)11-20(22)14-23(15-20)12-18-8-7-17-5-3-4-6-19(17)21-18/h3-8,16H,9-15H2,1-2H3/t16-/m1/s1. The van der Waals surface area contributed by atoms with Gasteiger partial charge < -0.3 is 4.74 Å². The van der Waals surface area contributed by atoms with Crippen LogP contribution in [0.4, 0.5) is 0 Å². The van der Waals surface area contributed by atoms with Gasteiger partial charge in [-0.05, 0) is 44.5 Å². The van der Waals surface area contributed by atoms with Crippen LogP contribution in [0.5, 0.6) is 0 Å². The van der Waals surface area contributed by atoms with E-state index in [1.807, 2.05) is 7.11 Å². The topological polar surface area (TPSA) is 28.6 Å². The Hall–Kier alpha value is -1.49. The van der Waals surface area contributed by atoms with Crippen molar-refractivity contribution < 1.29 is 4.74 Å². The van der Waals surface area contributed by atoms with Crippen molar-refractivity contribution in [2.75, 3.05) is 40.4 Å². The number of rotatable bonds is 4. The van der Waals surface area contributed by atoms with Gasteiger partial charge in [-0.2, -0.15) is 0 Å². The van der Waals surface area contributed by atoms with Gasteiger partial charge >= 0.3 is 0 Å². The van der Waals surface area contributed by atoms with Crippen LogP contribution in [0.1, 0.15) is 18.5 Å². The molecule has 2 saturated heterocycles. The van der Waals surface area contributed by atoms with Gasteiger partial charge in [0.1, 0.15) is 0 Å². The first-order chi connectivity index (χ1) is 11.7. The van der Waals surface area contributed by atoms with E-state index in [0.717, 1.165) is 31.8 Å². The lowest BCUT2D eigenvalue weighted by Gasteiger charge is -2.58. The van der Waals surface area contributed by atoms with E-state index in [0.29, 0.717) is 11.5 Å². The fourth-order valence-electron chi connectivity index (χ4n) is 4.48. The molecule has 1 aromatic heterocycles. The second kappa shape index (κ2) is 6.43. The number of pyridine rings is 1. The first-order valence-electron chi connectivity index (χ1n) is 8.96. The molecule has 0 bridgehead atoms. The number of likely N-dealkylation sites (tertiary alicyclic amines) is 2. The van der Waals surface area contributed by atoms with E-state index in [2.05, 4.69) is 53.2 Å². The zero-order valence-corrected chi connectivity index (χ0v) is 14.7. The highest BCUT2D eigenvalue weighted by atomic mass is 16.5. The number of methoxy groups -OCH3 is 1. The summed E-state index contributed by atoms with van der Waals surface area (Å²) in [5, 5.41) is 1.22. The van der Waals surface area contributed by atoms with Gasteiger partial charge in [0.05, 0.1) is 11.2 Å². The molecule has 3 heterocycles. The maximum Gasteiger partial charge on any atom is 0.0705 e. The third-order valence-electron chi connectivity index (χ3n) is 5.83. The summed E-state index contributed by atoms with van der Waals surface area (Å²) in [6.07, 6.45) is 2.53. The summed E-state index contributed by atoms with van der Waals surface area (Å²) in [5.41, 5.74) is 2.63. The number of hydrogen-bond acceptors (Lipinski definition) is 4. The van der Waals surface area contributed by atoms with Crippen LogP contribution in [0.3, 0.4) is 0 Å². The second-order valence-corrected chi connectivity index (χ2v) is 7.60. The van der Waals surface area contributed by atoms with E-state index >= 15 is 0 Å². The van der Waals surface area contributed by atoms with Crippen molar-refractivity contribution in [3.05, 3.63) is 42.1 Å². The van der Waals surface area contributed by atoms with Crippen molar-refractivity contribution in [3.63, 3.8) is 0 Å². The number of fused-ring (bicyclic) bond motifs is 1. The van der Waals surface area contributed by atoms with Gasteiger partial charge in [0, 0.05) is 44.3 Å². The van der Waals surface area contributed by atoms with Gasteiger partial charge in [0.2, 0.25) is 0 Å². The third-order valence-corrected chi connectivity index (χ3v) is 5.83. The Labute approximate surface area is 144 Å². The van der Waals surface area contributed by atoms with Crippen LogP contribution in [0.25, 0.3) is 10.9 Å². The summed E-state index contributed by atoms with van der Waals surface area (Å²) in [4.78, 5) is 9.92. The van der Waals surface area contributed by atoms with Crippen molar-refractivity contribution in [2.24, 2.45) is 5.92 Å². The molecule has 0 unspecified atom stereocenters. The van der Waals surface area contributed by atoms with Crippen molar-refractivity contribution in [3.8, 4) is 0 Å². The minimum absolute atomic E-state index is 0.359. The highest BCUT2D eigenvalue weighted by Crippen LogP contribution is 2.38. The monoisotopic (exact) mass is 325 g/mol. The molecule has 0 amide bonds. The van der Waals surface area contributed by atoms with Crippen molar-refractivity contribution in [1.82, 2.24) is 14.8 Å². The molecule has 0 aliphatic carbocycles. The van der Waals surface area contributed by atoms with Crippen LogP contribution in [0.2, 0.25) is 0 Å². The predicted octanol–water partition coefficient (Wildman–Crippen LogP) is 2.78. The van der Waals surface area contributed by atoms with Gasteiger partial charge in [0.15, 0.2) is 0 Å². The molecule has 4 nitrogen and oxygen atoms in total. The predicted molar refractivity (Wildman–Crippen MR) is 97.0 cm³/mol. The maximum atomic E-state index is 5.40. The average molecular weight is 325 g/mol. The molecule has 4 heteroatoms. The molecule has 0 radical (unpaired) electrons. The first kappa shape index (κ1) is 16.0. The van der Waals surface area contributed by atoms with Gasteiger partial charge in [0.25, 0.3) is 0 Å². The first-order valence-corrected chi connectivity index (χ1v) is 8.96. The molecule has 2 aliphatic rings. The van der Waals surface area contributed by atoms with E-state index in [9.17, 15) is 0 Å². The molecule has 1 aromatic carbocycles. The summed E-state index contributed by atoms with van der Waals surface area (Å²) in [6, 6.07) is 12.7. The lowest BCUT2D eigenvalue weighted by atomic mass is 9.75. The molecular weight excluding hydrogens is 298 g/mol. The quantitative estimate of drug-likeness (QED) is 0.864. The van der Waals surface area contributed by atoms with Crippen LogP contribution in [0, 0.1) is 5.92 Å². The molecule has 2 aliphatic heterocycles. The van der Waals surface area contributed by atoms with E-state index < -0.39 is 0 Å². The normalized spacial score (nSPS) is 24.3. The maximum absolute atomic E-state index is 5.40. The van der Waals surface area contributed by atoms with E-state index in [1.54, 1.807) is 0 Å². The van der Waals surface area contributed by atoms with Crippen LogP contribution in [-0.4, -0.2) is 60.7 Å². The summed E-state index contributed by atoms with van der Waals surface area (Å²) in [6.45, 7) is 5.35. The summed E-state index contributed by atoms with van der Waals surface area (Å²) in [7, 11) is 4.11. The van der Waals surface area contributed by atoms with Crippen molar-refractivity contribution >= 4 is 10.9 Å². The van der Waals surface area contributed by atoms with Gasteiger partial charge in [-0.25, -0.2) is 0 Å². The molecule has 2 aromatic rings. The molecule has 1 atom stereocenters. The second-order valence-electron chi connectivity index (χ2n) is 7.60. The Morgan fingerprint density at radius 3 is 2.88 bits per heavy atom. The molecule has 1 spiro atoms. The van der Waals surface area contributed by atoms with Gasteiger partial charge in [-0.3, -0.25) is 14.8 Å². The minimum Gasteiger partial charge on any atom is -0.384 e. The fraction of sp³-hybridized carbons (Fsp3) is 0.550. The molecule has 24 heavy (non-hydrogen) atoms. The zero-order valence-electron chi connectivity index (χ0n) is 14.7.